The summed E-state index contributed by atoms with van der Waals surface area (Å²) in [5, 5.41) is 11.2. The van der Waals surface area contributed by atoms with Gasteiger partial charge in [-0.2, -0.15) is 0 Å². The molecule has 1 saturated heterocycles. The van der Waals surface area contributed by atoms with Crippen molar-refractivity contribution in [3.8, 4) is 0 Å². The van der Waals surface area contributed by atoms with E-state index in [0.717, 1.165) is 25.2 Å². The molecule has 0 bridgehead atoms. The highest BCUT2D eigenvalue weighted by atomic mass is 16.2. The summed E-state index contributed by atoms with van der Waals surface area (Å²) in [6, 6.07) is 0.0383. The van der Waals surface area contributed by atoms with Gasteiger partial charge in [0.15, 0.2) is 0 Å². The molecule has 1 aliphatic rings. The maximum atomic E-state index is 12.5. The molecule has 2 atom stereocenters. The fourth-order valence-electron chi connectivity index (χ4n) is 3.09. The van der Waals surface area contributed by atoms with Gasteiger partial charge in [0.05, 0.1) is 6.33 Å². The Bertz CT molecular complexity index is 636. The van der Waals surface area contributed by atoms with Crippen LogP contribution in [0.2, 0.25) is 0 Å². The Hall–Kier alpha value is -2.38. The monoisotopic (exact) mass is 317 g/mol. The second-order valence-corrected chi connectivity index (χ2v) is 6.20. The summed E-state index contributed by atoms with van der Waals surface area (Å²) in [6.45, 7) is 4.20. The Labute approximate surface area is 135 Å². The Morgan fingerprint density at radius 3 is 3.04 bits per heavy atom. The number of hydrogen-bond acceptors (Lipinski definition) is 4. The van der Waals surface area contributed by atoms with Gasteiger partial charge in [0, 0.05) is 51.0 Å². The molecule has 1 aliphatic heterocycles. The molecule has 2 aromatic rings. The van der Waals surface area contributed by atoms with E-state index in [0.29, 0.717) is 13.1 Å². The van der Waals surface area contributed by atoms with E-state index in [1.807, 2.05) is 34.2 Å². The molecular weight excluding hydrogens is 294 g/mol. The van der Waals surface area contributed by atoms with Crippen molar-refractivity contribution in [3.05, 3.63) is 30.9 Å². The van der Waals surface area contributed by atoms with Gasteiger partial charge in [-0.3, -0.25) is 0 Å². The van der Waals surface area contributed by atoms with Crippen LogP contribution in [0.25, 0.3) is 0 Å². The molecule has 2 amide bonds. The van der Waals surface area contributed by atoms with Crippen LogP contribution < -0.4 is 5.32 Å². The lowest BCUT2D eigenvalue weighted by Gasteiger charge is -2.33. The van der Waals surface area contributed by atoms with E-state index in [9.17, 15) is 4.79 Å². The molecule has 2 aromatic heterocycles. The highest BCUT2D eigenvalue weighted by molar-refractivity contribution is 5.74. The number of aromatic nitrogens is 5. The number of amides is 2. The Kier molecular flexibility index (Phi) is 4.59. The van der Waals surface area contributed by atoms with Crippen molar-refractivity contribution < 1.29 is 4.79 Å². The number of carbonyl (C=O) groups is 1. The lowest BCUT2D eigenvalue weighted by Crippen LogP contribution is -2.48. The third-order valence-corrected chi connectivity index (χ3v) is 4.23. The molecular formula is C15H23N7O. The fraction of sp³-hybridized carbons (Fsp3) is 0.600. The van der Waals surface area contributed by atoms with Crippen LogP contribution in [-0.2, 0) is 13.6 Å². The minimum atomic E-state index is -0.00974. The van der Waals surface area contributed by atoms with Gasteiger partial charge < -0.3 is 19.4 Å². The lowest BCUT2D eigenvalue weighted by atomic mass is 9.97. The summed E-state index contributed by atoms with van der Waals surface area (Å²) in [6.07, 6.45) is 9.13. The number of piperidine rings is 1. The maximum Gasteiger partial charge on any atom is 0.317 e. The number of aryl methyl sites for hydroxylation is 1. The smallest absolute Gasteiger partial charge is 0.317 e. The van der Waals surface area contributed by atoms with Gasteiger partial charge in [-0.05, 0) is 19.8 Å². The van der Waals surface area contributed by atoms with Crippen molar-refractivity contribution in [3.63, 3.8) is 0 Å². The standard InChI is InChI=1S/C15H23N7O/c1-12(8-21-7-5-16-10-21)18-15(23)22-6-3-4-13(9-22)14-19-17-11-20(14)2/h5,7,10-13H,3-4,6,8-9H2,1-2H3,(H,18,23)/t12-,13-/m0/s1. The number of likely N-dealkylation sites (tertiary alicyclic amines) is 1. The second-order valence-electron chi connectivity index (χ2n) is 6.20. The van der Waals surface area contributed by atoms with Crippen LogP contribution in [0.3, 0.4) is 0 Å². The Morgan fingerprint density at radius 2 is 2.35 bits per heavy atom. The molecule has 0 unspecified atom stereocenters. The molecule has 8 heteroatoms. The molecule has 0 spiro atoms. The second kappa shape index (κ2) is 6.80. The number of carbonyl (C=O) groups excluding carboxylic acids is 1. The van der Waals surface area contributed by atoms with Gasteiger partial charge in [0.1, 0.15) is 12.2 Å². The van der Waals surface area contributed by atoms with E-state index in [1.165, 1.54) is 0 Å². The largest absolute Gasteiger partial charge is 0.335 e. The molecule has 0 aromatic carbocycles. The fourth-order valence-corrected chi connectivity index (χ4v) is 3.09. The maximum absolute atomic E-state index is 12.5. The van der Waals surface area contributed by atoms with Gasteiger partial charge in [0.2, 0.25) is 0 Å². The van der Waals surface area contributed by atoms with E-state index in [-0.39, 0.29) is 18.0 Å². The topological polar surface area (TPSA) is 80.9 Å². The zero-order chi connectivity index (χ0) is 16.2. The van der Waals surface area contributed by atoms with Gasteiger partial charge in [0.25, 0.3) is 0 Å². The first kappa shape index (κ1) is 15.5. The molecule has 1 N–H and O–H groups in total. The van der Waals surface area contributed by atoms with E-state index < -0.39 is 0 Å². The SMILES string of the molecule is C[C@@H](Cn1ccnc1)NC(=O)N1CCC[C@H](c2nncn2C)C1. The lowest BCUT2D eigenvalue weighted by molar-refractivity contribution is 0.174. The molecule has 3 heterocycles. The van der Waals surface area contributed by atoms with Crippen molar-refractivity contribution in [1.29, 1.82) is 0 Å². The zero-order valence-electron chi connectivity index (χ0n) is 13.6. The molecule has 1 fully saturated rings. The quantitative estimate of drug-likeness (QED) is 0.912. The third-order valence-electron chi connectivity index (χ3n) is 4.23. The predicted molar refractivity (Wildman–Crippen MR) is 84.8 cm³/mol. The van der Waals surface area contributed by atoms with Crippen LogP contribution in [0.1, 0.15) is 31.5 Å². The van der Waals surface area contributed by atoms with Gasteiger partial charge in [-0.25, -0.2) is 9.78 Å². The first-order valence-electron chi connectivity index (χ1n) is 7.98. The van der Waals surface area contributed by atoms with Crippen LogP contribution in [0.4, 0.5) is 4.79 Å². The average molecular weight is 317 g/mol. The molecule has 124 valence electrons. The Morgan fingerprint density at radius 1 is 1.48 bits per heavy atom. The number of nitrogens with zero attached hydrogens (tertiary/aromatic N) is 6. The number of imidazole rings is 1. The number of hydrogen-bond donors (Lipinski definition) is 1. The minimum absolute atomic E-state index is 0.00974. The van der Waals surface area contributed by atoms with Gasteiger partial charge >= 0.3 is 6.03 Å². The normalized spacial score (nSPS) is 19.6. The molecule has 0 aliphatic carbocycles. The third kappa shape index (κ3) is 3.69. The zero-order valence-corrected chi connectivity index (χ0v) is 13.6. The van der Waals surface area contributed by atoms with Crippen molar-refractivity contribution >= 4 is 6.03 Å². The van der Waals surface area contributed by atoms with Crippen molar-refractivity contribution in [2.75, 3.05) is 13.1 Å². The van der Waals surface area contributed by atoms with E-state index in [4.69, 9.17) is 0 Å². The molecule has 23 heavy (non-hydrogen) atoms. The number of rotatable bonds is 4. The van der Waals surface area contributed by atoms with Crippen LogP contribution in [0.15, 0.2) is 25.0 Å². The highest BCUT2D eigenvalue weighted by Crippen LogP contribution is 2.24. The molecule has 8 nitrogen and oxygen atoms in total. The number of urea groups is 1. The highest BCUT2D eigenvalue weighted by Gasteiger charge is 2.27. The van der Waals surface area contributed by atoms with E-state index in [2.05, 4.69) is 20.5 Å². The summed E-state index contributed by atoms with van der Waals surface area (Å²) < 4.78 is 3.90. The Balaban J connectivity index is 1.55. The summed E-state index contributed by atoms with van der Waals surface area (Å²) in [4.78, 5) is 18.4. The summed E-state index contributed by atoms with van der Waals surface area (Å²) >= 11 is 0. The summed E-state index contributed by atoms with van der Waals surface area (Å²) in [5.74, 6) is 1.21. The van der Waals surface area contributed by atoms with E-state index >= 15 is 0 Å². The molecule has 3 rings (SSSR count). The molecule has 0 saturated carbocycles. The van der Waals surface area contributed by atoms with Crippen LogP contribution >= 0.6 is 0 Å². The van der Waals surface area contributed by atoms with Crippen molar-refractivity contribution in [1.82, 2.24) is 34.5 Å². The van der Waals surface area contributed by atoms with Gasteiger partial charge in [-0.15, -0.1) is 10.2 Å². The average Bonchev–Trinajstić information content (AvgIpc) is 3.19. The summed E-state index contributed by atoms with van der Waals surface area (Å²) in [7, 11) is 1.95. The predicted octanol–water partition coefficient (Wildman–Crippen LogP) is 0.989. The molecule has 0 radical (unpaired) electrons. The van der Waals surface area contributed by atoms with Crippen LogP contribution in [0, 0.1) is 0 Å². The van der Waals surface area contributed by atoms with E-state index in [1.54, 1.807) is 18.9 Å². The van der Waals surface area contributed by atoms with Crippen molar-refractivity contribution in [2.45, 2.75) is 38.3 Å². The van der Waals surface area contributed by atoms with Gasteiger partial charge in [-0.1, -0.05) is 0 Å². The minimum Gasteiger partial charge on any atom is -0.335 e. The van der Waals surface area contributed by atoms with Crippen LogP contribution in [0.5, 0.6) is 0 Å². The first-order valence-corrected chi connectivity index (χ1v) is 7.98. The first-order chi connectivity index (χ1) is 11.1. The summed E-state index contributed by atoms with van der Waals surface area (Å²) in [5.41, 5.74) is 0. The van der Waals surface area contributed by atoms with Crippen molar-refractivity contribution in [2.24, 2.45) is 7.05 Å². The number of nitrogens with one attached hydrogen (secondary N) is 1. The van der Waals surface area contributed by atoms with Crippen LogP contribution in [-0.4, -0.2) is 54.4 Å².